The lowest BCUT2D eigenvalue weighted by atomic mass is 9.75. The first kappa shape index (κ1) is 19.3. The van der Waals surface area contributed by atoms with Crippen LogP contribution in [0.5, 0.6) is 0 Å². The Morgan fingerprint density at radius 2 is 2.00 bits per heavy atom. The Hall–Kier alpha value is -2.50. The molecule has 0 spiro atoms. The molecule has 27 heavy (non-hydrogen) atoms. The summed E-state index contributed by atoms with van der Waals surface area (Å²) in [6, 6.07) is 3.50. The largest absolute Gasteiger partial charge is 0.462 e. The topological polar surface area (TPSA) is 55.4 Å². The summed E-state index contributed by atoms with van der Waals surface area (Å²) in [5.41, 5.74) is 2.42. The Kier molecular flexibility index (Phi) is 5.44. The van der Waals surface area contributed by atoms with Gasteiger partial charge in [-0.15, -0.1) is 0 Å². The first-order chi connectivity index (χ1) is 12.8. The molecule has 0 radical (unpaired) electrons. The van der Waals surface area contributed by atoms with E-state index < -0.39 is 23.5 Å². The number of dihydropyridines is 1. The van der Waals surface area contributed by atoms with Gasteiger partial charge in [-0.05, 0) is 43.4 Å². The van der Waals surface area contributed by atoms with Crippen molar-refractivity contribution in [3.63, 3.8) is 0 Å². The summed E-state index contributed by atoms with van der Waals surface area (Å²) in [4.78, 5) is 25.5. The predicted octanol–water partition coefficient (Wildman–Crippen LogP) is 4.13. The van der Waals surface area contributed by atoms with Gasteiger partial charge in [0.15, 0.2) is 17.4 Å². The molecule has 6 heteroatoms. The molecule has 0 unspecified atom stereocenters. The van der Waals surface area contributed by atoms with Crippen molar-refractivity contribution in [2.75, 3.05) is 6.61 Å². The molecule has 144 valence electrons. The predicted molar refractivity (Wildman–Crippen MR) is 96.6 cm³/mol. The van der Waals surface area contributed by atoms with Gasteiger partial charge in [0.1, 0.15) is 0 Å². The number of carbonyl (C=O) groups excluding carboxylic acids is 2. The minimum Gasteiger partial charge on any atom is -0.462 e. The number of Topliss-reactive ketones (excluding diaryl/α,β-unsaturated/α-hetero) is 1. The summed E-state index contributed by atoms with van der Waals surface area (Å²) in [6.45, 7) is 5.82. The maximum absolute atomic E-state index is 13.9. The number of ketones is 1. The van der Waals surface area contributed by atoms with Gasteiger partial charge in [0.05, 0.1) is 12.2 Å². The molecule has 4 nitrogen and oxygen atoms in total. The van der Waals surface area contributed by atoms with Crippen molar-refractivity contribution < 1.29 is 23.1 Å². The zero-order valence-corrected chi connectivity index (χ0v) is 15.7. The molecular weight excluding hydrogens is 352 g/mol. The number of esters is 1. The number of halogens is 2. The molecule has 1 aromatic carbocycles. The van der Waals surface area contributed by atoms with Crippen LogP contribution in [0.1, 0.15) is 51.5 Å². The van der Waals surface area contributed by atoms with Crippen LogP contribution < -0.4 is 5.32 Å². The van der Waals surface area contributed by atoms with Crippen molar-refractivity contribution in [3.8, 4) is 0 Å². The molecule has 0 aromatic heterocycles. The van der Waals surface area contributed by atoms with Gasteiger partial charge in [-0.25, -0.2) is 13.6 Å². The fourth-order valence-electron chi connectivity index (χ4n) is 3.60. The van der Waals surface area contributed by atoms with Crippen molar-refractivity contribution in [2.24, 2.45) is 5.92 Å². The van der Waals surface area contributed by atoms with Gasteiger partial charge in [0, 0.05) is 29.3 Å². The molecule has 1 aromatic rings. The van der Waals surface area contributed by atoms with Gasteiger partial charge in [0.2, 0.25) is 0 Å². The second kappa shape index (κ2) is 7.62. The first-order valence-electron chi connectivity index (χ1n) is 9.15. The van der Waals surface area contributed by atoms with Gasteiger partial charge in [-0.1, -0.05) is 19.9 Å². The fraction of sp³-hybridized carbons (Fsp3) is 0.429. The third kappa shape index (κ3) is 3.80. The van der Waals surface area contributed by atoms with Crippen molar-refractivity contribution in [1.29, 1.82) is 0 Å². The molecule has 1 atom stereocenters. The summed E-state index contributed by atoms with van der Waals surface area (Å²) in [5, 5.41) is 3.16. The molecule has 1 aliphatic heterocycles. The Labute approximate surface area is 157 Å². The Bertz CT molecular complexity index is 855. The highest BCUT2D eigenvalue weighted by Crippen LogP contribution is 2.42. The van der Waals surface area contributed by atoms with Crippen LogP contribution in [0.4, 0.5) is 8.78 Å². The highest BCUT2D eigenvalue weighted by atomic mass is 19.2. The monoisotopic (exact) mass is 375 g/mol. The molecule has 0 fully saturated rings. The molecule has 0 saturated heterocycles. The second-order valence-electron chi connectivity index (χ2n) is 7.43. The minimum atomic E-state index is -1.01. The molecule has 3 rings (SSSR count). The fourth-order valence-corrected chi connectivity index (χ4v) is 3.60. The van der Waals surface area contributed by atoms with E-state index >= 15 is 0 Å². The number of nitrogens with one attached hydrogen (secondary N) is 1. The lowest BCUT2D eigenvalue weighted by Crippen LogP contribution is -2.34. The summed E-state index contributed by atoms with van der Waals surface area (Å²) in [6.07, 6.45) is 1.76. The van der Waals surface area contributed by atoms with E-state index in [-0.39, 0.29) is 23.9 Å². The summed E-state index contributed by atoms with van der Waals surface area (Å²) >= 11 is 0. The van der Waals surface area contributed by atoms with Crippen LogP contribution in [0.3, 0.4) is 0 Å². The summed E-state index contributed by atoms with van der Waals surface area (Å²) < 4.78 is 32.8. The maximum atomic E-state index is 13.9. The number of hydrogen-bond acceptors (Lipinski definition) is 4. The van der Waals surface area contributed by atoms with E-state index in [0.29, 0.717) is 29.7 Å². The van der Waals surface area contributed by atoms with Crippen LogP contribution in [0.15, 0.2) is 40.7 Å². The molecule has 1 aliphatic carbocycles. The lowest BCUT2D eigenvalue weighted by Gasteiger charge is -2.34. The average molecular weight is 375 g/mol. The van der Waals surface area contributed by atoms with Gasteiger partial charge in [-0.2, -0.15) is 0 Å². The zero-order chi connectivity index (χ0) is 19.7. The SMILES string of the molecule is CC1=C(C(=O)OCC(C)C)[C@H](c2ccc(F)c(F)c2)C2=C(CCCC2=O)N1. The van der Waals surface area contributed by atoms with Gasteiger partial charge < -0.3 is 10.1 Å². The first-order valence-corrected chi connectivity index (χ1v) is 9.15. The van der Waals surface area contributed by atoms with Crippen LogP contribution in [0.25, 0.3) is 0 Å². The summed E-state index contributed by atoms with van der Waals surface area (Å²) in [5.74, 6) is -3.22. The quantitative estimate of drug-likeness (QED) is 0.804. The van der Waals surface area contributed by atoms with Crippen LogP contribution in [-0.2, 0) is 14.3 Å². The van der Waals surface area contributed by atoms with E-state index in [1.165, 1.54) is 6.07 Å². The lowest BCUT2D eigenvalue weighted by molar-refractivity contribution is -0.140. The van der Waals surface area contributed by atoms with Gasteiger partial charge in [0.25, 0.3) is 0 Å². The third-order valence-electron chi connectivity index (χ3n) is 4.82. The van der Waals surface area contributed by atoms with Crippen molar-refractivity contribution in [2.45, 2.75) is 46.0 Å². The van der Waals surface area contributed by atoms with Crippen LogP contribution in [-0.4, -0.2) is 18.4 Å². The number of benzene rings is 1. The number of rotatable bonds is 4. The van der Waals surface area contributed by atoms with Crippen molar-refractivity contribution in [1.82, 2.24) is 5.32 Å². The molecular formula is C21H23F2NO3. The molecule has 0 amide bonds. The van der Waals surface area contributed by atoms with Crippen LogP contribution in [0.2, 0.25) is 0 Å². The van der Waals surface area contributed by atoms with Crippen LogP contribution >= 0.6 is 0 Å². The number of ether oxygens (including phenoxy) is 1. The molecule has 2 aliphatic rings. The van der Waals surface area contributed by atoms with E-state index in [0.717, 1.165) is 24.3 Å². The number of hydrogen-bond donors (Lipinski definition) is 1. The van der Waals surface area contributed by atoms with E-state index in [1.54, 1.807) is 6.92 Å². The molecule has 0 saturated carbocycles. The second-order valence-corrected chi connectivity index (χ2v) is 7.43. The van der Waals surface area contributed by atoms with Gasteiger partial charge in [-0.3, -0.25) is 4.79 Å². The number of carbonyl (C=O) groups is 2. The highest BCUT2D eigenvalue weighted by molar-refractivity contribution is 6.03. The third-order valence-corrected chi connectivity index (χ3v) is 4.82. The summed E-state index contributed by atoms with van der Waals surface area (Å²) in [7, 11) is 0. The minimum absolute atomic E-state index is 0.0832. The molecule has 1 heterocycles. The normalized spacial score (nSPS) is 19.9. The van der Waals surface area contributed by atoms with E-state index in [1.807, 2.05) is 13.8 Å². The highest BCUT2D eigenvalue weighted by Gasteiger charge is 2.39. The molecule has 1 N–H and O–H groups in total. The van der Waals surface area contributed by atoms with E-state index in [4.69, 9.17) is 4.74 Å². The van der Waals surface area contributed by atoms with Gasteiger partial charge >= 0.3 is 5.97 Å². The zero-order valence-electron chi connectivity index (χ0n) is 15.7. The van der Waals surface area contributed by atoms with E-state index in [2.05, 4.69) is 5.32 Å². The average Bonchev–Trinajstić information content (AvgIpc) is 2.61. The maximum Gasteiger partial charge on any atom is 0.336 e. The van der Waals surface area contributed by atoms with Crippen molar-refractivity contribution >= 4 is 11.8 Å². The van der Waals surface area contributed by atoms with Crippen molar-refractivity contribution in [3.05, 3.63) is 57.9 Å². The van der Waals surface area contributed by atoms with E-state index in [9.17, 15) is 18.4 Å². The smallest absolute Gasteiger partial charge is 0.336 e. The number of allylic oxidation sites excluding steroid dienone is 3. The molecule has 0 bridgehead atoms. The Morgan fingerprint density at radius 1 is 1.26 bits per heavy atom. The Balaban J connectivity index is 2.10. The standard InChI is InChI=1S/C21H23F2NO3/c1-11(2)10-27-21(26)18-12(3)24-16-5-4-6-17(25)20(16)19(18)13-7-8-14(22)15(23)9-13/h7-9,11,19,24H,4-6,10H2,1-3H3/t19-/m0/s1. The van der Waals surface area contributed by atoms with Crippen LogP contribution in [0, 0.1) is 17.6 Å². The Morgan fingerprint density at radius 3 is 2.67 bits per heavy atom.